The lowest BCUT2D eigenvalue weighted by atomic mass is 10.1. The summed E-state index contributed by atoms with van der Waals surface area (Å²) in [5.74, 6) is -0.204. The molecule has 0 aromatic heterocycles. The van der Waals surface area contributed by atoms with Gasteiger partial charge in [0.05, 0.1) is 0 Å². The molecular formula is C15H24BrFN2. The van der Waals surface area contributed by atoms with Crippen LogP contribution in [0.2, 0.25) is 0 Å². The van der Waals surface area contributed by atoms with Gasteiger partial charge in [-0.3, -0.25) is 0 Å². The smallest absolute Gasteiger partial charge is 0.124 e. The van der Waals surface area contributed by atoms with Crippen LogP contribution in [0.15, 0.2) is 22.7 Å². The van der Waals surface area contributed by atoms with Gasteiger partial charge in [0.1, 0.15) is 5.82 Å². The predicted molar refractivity (Wildman–Crippen MR) is 82.9 cm³/mol. The third kappa shape index (κ3) is 5.59. The van der Waals surface area contributed by atoms with E-state index in [9.17, 15) is 4.39 Å². The molecule has 1 N–H and O–H groups in total. The molecule has 0 aliphatic heterocycles. The van der Waals surface area contributed by atoms with Gasteiger partial charge in [0.15, 0.2) is 0 Å². The van der Waals surface area contributed by atoms with Crippen molar-refractivity contribution in [2.75, 3.05) is 26.2 Å². The standard InChI is InChI=1S/C15H24BrFN2/c1-4-19(5-2)10-6-9-18-12(3)14-8-7-13(17)11-15(14)16/h7-8,11-12,18H,4-6,9-10H2,1-3H3. The lowest BCUT2D eigenvalue weighted by Gasteiger charge is -2.20. The van der Waals surface area contributed by atoms with Crippen molar-refractivity contribution in [3.8, 4) is 0 Å². The lowest BCUT2D eigenvalue weighted by molar-refractivity contribution is 0.296. The molecule has 0 heterocycles. The van der Waals surface area contributed by atoms with Crippen molar-refractivity contribution in [1.82, 2.24) is 10.2 Å². The molecule has 0 radical (unpaired) electrons. The number of hydrogen-bond acceptors (Lipinski definition) is 2. The highest BCUT2D eigenvalue weighted by molar-refractivity contribution is 9.10. The fraction of sp³-hybridized carbons (Fsp3) is 0.600. The molecular weight excluding hydrogens is 307 g/mol. The highest BCUT2D eigenvalue weighted by atomic mass is 79.9. The molecule has 4 heteroatoms. The zero-order valence-corrected chi connectivity index (χ0v) is 13.6. The number of halogens is 2. The molecule has 1 aromatic carbocycles. The first-order chi connectivity index (χ1) is 9.08. The van der Waals surface area contributed by atoms with E-state index in [1.54, 1.807) is 0 Å². The van der Waals surface area contributed by atoms with Crippen LogP contribution < -0.4 is 5.32 Å². The number of rotatable bonds is 8. The minimum atomic E-state index is -0.204. The third-order valence-electron chi connectivity index (χ3n) is 3.43. The van der Waals surface area contributed by atoms with Crippen LogP contribution in [0.1, 0.15) is 38.8 Å². The molecule has 0 saturated heterocycles. The van der Waals surface area contributed by atoms with E-state index < -0.39 is 0 Å². The largest absolute Gasteiger partial charge is 0.310 e. The average molecular weight is 331 g/mol. The Bertz CT molecular complexity index is 380. The Morgan fingerprint density at radius 2 is 2.00 bits per heavy atom. The van der Waals surface area contributed by atoms with Crippen molar-refractivity contribution in [3.05, 3.63) is 34.1 Å². The van der Waals surface area contributed by atoms with Gasteiger partial charge in [-0.25, -0.2) is 4.39 Å². The van der Waals surface area contributed by atoms with Crippen LogP contribution in [0.5, 0.6) is 0 Å². The molecule has 0 spiro atoms. The topological polar surface area (TPSA) is 15.3 Å². The van der Waals surface area contributed by atoms with Gasteiger partial charge >= 0.3 is 0 Å². The molecule has 0 aliphatic carbocycles. The van der Waals surface area contributed by atoms with Crippen molar-refractivity contribution in [2.45, 2.75) is 33.2 Å². The number of nitrogens with zero attached hydrogens (tertiary/aromatic N) is 1. The van der Waals surface area contributed by atoms with Gasteiger partial charge in [0, 0.05) is 10.5 Å². The minimum absolute atomic E-state index is 0.204. The van der Waals surface area contributed by atoms with E-state index in [-0.39, 0.29) is 11.9 Å². The van der Waals surface area contributed by atoms with Gasteiger partial charge in [-0.2, -0.15) is 0 Å². The van der Waals surface area contributed by atoms with E-state index in [1.807, 2.05) is 6.07 Å². The van der Waals surface area contributed by atoms with Crippen LogP contribution in [0, 0.1) is 5.82 Å². The van der Waals surface area contributed by atoms with Gasteiger partial charge in [0.2, 0.25) is 0 Å². The van der Waals surface area contributed by atoms with Crippen LogP contribution in [0.4, 0.5) is 4.39 Å². The van der Waals surface area contributed by atoms with E-state index >= 15 is 0 Å². The van der Waals surface area contributed by atoms with E-state index in [4.69, 9.17) is 0 Å². The first kappa shape index (κ1) is 16.6. The van der Waals surface area contributed by atoms with Crippen LogP contribution in [-0.2, 0) is 0 Å². The zero-order valence-electron chi connectivity index (χ0n) is 12.0. The van der Waals surface area contributed by atoms with Crippen molar-refractivity contribution in [3.63, 3.8) is 0 Å². The van der Waals surface area contributed by atoms with Gasteiger partial charge in [-0.05, 0) is 57.2 Å². The molecule has 1 aromatic rings. The summed E-state index contributed by atoms with van der Waals surface area (Å²) >= 11 is 3.41. The maximum atomic E-state index is 13.0. The fourth-order valence-corrected chi connectivity index (χ4v) is 2.82. The summed E-state index contributed by atoms with van der Waals surface area (Å²) in [7, 11) is 0. The Morgan fingerprint density at radius 1 is 1.32 bits per heavy atom. The number of benzene rings is 1. The molecule has 1 atom stereocenters. The SMILES string of the molecule is CCN(CC)CCCNC(C)c1ccc(F)cc1Br. The molecule has 0 aliphatic rings. The van der Waals surface area contributed by atoms with Crippen molar-refractivity contribution in [2.24, 2.45) is 0 Å². The molecule has 0 saturated carbocycles. The first-order valence-corrected chi connectivity index (χ1v) is 7.78. The summed E-state index contributed by atoms with van der Waals surface area (Å²) in [6, 6.07) is 5.09. The van der Waals surface area contributed by atoms with E-state index in [0.717, 1.165) is 42.6 Å². The normalized spacial score (nSPS) is 12.9. The summed E-state index contributed by atoms with van der Waals surface area (Å²) in [5.41, 5.74) is 1.10. The van der Waals surface area contributed by atoms with Gasteiger partial charge in [-0.15, -0.1) is 0 Å². The monoisotopic (exact) mass is 330 g/mol. The second-order valence-electron chi connectivity index (χ2n) is 4.72. The molecule has 108 valence electrons. The molecule has 1 rings (SSSR count). The molecule has 19 heavy (non-hydrogen) atoms. The van der Waals surface area contributed by atoms with Crippen LogP contribution in [0.3, 0.4) is 0 Å². The van der Waals surface area contributed by atoms with Gasteiger partial charge in [-0.1, -0.05) is 35.8 Å². The van der Waals surface area contributed by atoms with Crippen molar-refractivity contribution >= 4 is 15.9 Å². The Hall–Kier alpha value is -0.450. The Balaban J connectivity index is 2.37. The highest BCUT2D eigenvalue weighted by Crippen LogP contribution is 2.23. The summed E-state index contributed by atoms with van der Waals surface area (Å²) < 4.78 is 13.9. The quantitative estimate of drug-likeness (QED) is 0.725. The van der Waals surface area contributed by atoms with Gasteiger partial charge < -0.3 is 10.2 Å². The number of nitrogens with one attached hydrogen (secondary N) is 1. The summed E-state index contributed by atoms with van der Waals surface area (Å²) in [6.45, 7) is 10.8. The predicted octanol–water partition coefficient (Wildman–Crippen LogP) is 3.97. The van der Waals surface area contributed by atoms with Crippen molar-refractivity contribution in [1.29, 1.82) is 0 Å². The maximum absolute atomic E-state index is 13.0. The minimum Gasteiger partial charge on any atom is -0.310 e. The third-order valence-corrected chi connectivity index (χ3v) is 4.11. The molecule has 1 unspecified atom stereocenters. The highest BCUT2D eigenvalue weighted by Gasteiger charge is 2.09. The summed E-state index contributed by atoms with van der Waals surface area (Å²) in [5, 5.41) is 3.48. The zero-order chi connectivity index (χ0) is 14.3. The van der Waals surface area contributed by atoms with Crippen LogP contribution in [-0.4, -0.2) is 31.1 Å². The summed E-state index contributed by atoms with van der Waals surface area (Å²) in [6.07, 6.45) is 1.13. The van der Waals surface area contributed by atoms with Gasteiger partial charge in [0.25, 0.3) is 0 Å². The maximum Gasteiger partial charge on any atom is 0.124 e. The van der Waals surface area contributed by atoms with E-state index in [2.05, 4.69) is 46.9 Å². The molecule has 2 nitrogen and oxygen atoms in total. The first-order valence-electron chi connectivity index (χ1n) is 6.99. The number of hydrogen-bond donors (Lipinski definition) is 1. The van der Waals surface area contributed by atoms with Crippen LogP contribution in [0.25, 0.3) is 0 Å². The second-order valence-corrected chi connectivity index (χ2v) is 5.58. The fourth-order valence-electron chi connectivity index (χ4n) is 2.12. The Morgan fingerprint density at radius 3 is 2.58 bits per heavy atom. The van der Waals surface area contributed by atoms with E-state index in [1.165, 1.54) is 12.1 Å². The Labute approximate surface area is 124 Å². The molecule has 0 bridgehead atoms. The van der Waals surface area contributed by atoms with Crippen molar-refractivity contribution < 1.29 is 4.39 Å². The van der Waals surface area contributed by atoms with E-state index in [0.29, 0.717) is 0 Å². The average Bonchev–Trinajstić information content (AvgIpc) is 2.38. The molecule has 0 fully saturated rings. The molecule has 0 amide bonds. The lowest BCUT2D eigenvalue weighted by Crippen LogP contribution is -2.28. The summed E-state index contributed by atoms with van der Waals surface area (Å²) in [4.78, 5) is 2.42. The second kappa shape index (κ2) is 8.67. The van der Waals surface area contributed by atoms with Crippen LogP contribution >= 0.6 is 15.9 Å². The Kier molecular flexibility index (Phi) is 7.57.